The summed E-state index contributed by atoms with van der Waals surface area (Å²) >= 11 is 7.88. The van der Waals surface area contributed by atoms with Gasteiger partial charge in [0.1, 0.15) is 0 Å². The molecular formula is C22H19ClN2O3S. The van der Waals surface area contributed by atoms with Crippen molar-refractivity contribution in [2.24, 2.45) is 0 Å². The molecule has 1 N–H and O–H groups in total. The minimum atomic E-state index is 0.561. The Labute approximate surface area is 178 Å². The second-order valence-electron chi connectivity index (χ2n) is 6.20. The predicted molar refractivity (Wildman–Crippen MR) is 117 cm³/mol. The van der Waals surface area contributed by atoms with Crippen LogP contribution in [0.4, 0.5) is 0 Å². The average molecular weight is 427 g/mol. The molecule has 0 bridgehead atoms. The maximum atomic E-state index is 6.29. The highest BCUT2D eigenvalue weighted by Gasteiger charge is 2.19. The number of aromatic amines is 1. The molecule has 5 nitrogen and oxygen atoms in total. The Morgan fingerprint density at radius 3 is 2.31 bits per heavy atom. The summed E-state index contributed by atoms with van der Waals surface area (Å²) in [7, 11) is 4.81. The highest BCUT2D eigenvalue weighted by atomic mass is 35.5. The lowest BCUT2D eigenvalue weighted by Gasteiger charge is -2.14. The van der Waals surface area contributed by atoms with E-state index in [1.165, 1.54) is 0 Å². The summed E-state index contributed by atoms with van der Waals surface area (Å²) in [5.41, 5.74) is 2.78. The predicted octanol–water partition coefficient (Wildman–Crippen LogP) is 6.06. The van der Waals surface area contributed by atoms with E-state index in [0.717, 1.165) is 32.1 Å². The number of pyridine rings is 1. The van der Waals surface area contributed by atoms with Crippen LogP contribution < -0.4 is 14.2 Å². The van der Waals surface area contributed by atoms with Crippen molar-refractivity contribution in [1.82, 2.24) is 9.97 Å². The lowest BCUT2D eigenvalue weighted by atomic mass is 10.2. The van der Waals surface area contributed by atoms with E-state index < -0.39 is 0 Å². The van der Waals surface area contributed by atoms with Crippen molar-refractivity contribution < 1.29 is 14.2 Å². The summed E-state index contributed by atoms with van der Waals surface area (Å²) in [6.07, 6.45) is 1.78. The van der Waals surface area contributed by atoms with Gasteiger partial charge in [-0.15, -0.1) is 0 Å². The molecule has 0 aliphatic carbocycles. The third-order valence-corrected chi connectivity index (χ3v) is 5.83. The van der Waals surface area contributed by atoms with Gasteiger partial charge < -0.3 is 19.2 Å². The quantitative estimate of drug-likeness (QED) is 0.406. The highest BCUT2D eigenvalue weighted by molar-refractivity contribution is 7.99. The van der Waals surface area contributed by atoms with E-state index >= 15 is 0 Å². The van der Waals surface area contributed by atoms with Crippen LogP contribution >= 0.6 is 23.4 Å². The fraction of sp³-hybridized carbons (Fsp3) is 0.136. The molecule has 0 fully saturated rings. The Bertz CT molecular complexity index is 1140. The van der Waals surface area contributed by atoms with Crippen LogP contribution in [0.2, 0.25) is 5.02 Å². The van der Waals surface area contributed by atoms with Crippen molar-refractivity contribution in [3.05, 3.63) is 59.8 Å². The van der Waals surface area contributed by atoms with E-state index in [9.17, 15) is 0 Å². The fourth-order valence-corrected chi connectivity index (χ4v) is 4.45. The summed E-state index contributed by atoms with van der Waals surface area (Å²) in [5, 5.41) is 1.70. The molecule has 0 atom stereocenters. The second kappa shape index (κ2) is 8.27. The summed E-state index contributed by atoms with van der Waals surface area (Å²) in [6, 6.07) is 15.5. The topological polar surface area (TPSA) is 56.4 Å². The fourth-order valence-electron chi connectivity index (χ4n) is 3.17. The van der Waals surface area contributed by atoms with Crippen LogP contribution in [-0.2, 0) is 0 Å². The lowest BCUT2D eigenvalue weighted by molar-refractivity contribution is 0.323. The van der Waals surface area contributed by atoms with Gasteiger partial charge in [-0.25, -0.2) is 0 Å². The molecule has 0 aliphatic rings. The molecule has 0 aliphatic heterocycles. The number of hydrogen-bond donors (Lipinski definition) is 1. The first-order chi connectivity index (χ1) is 14.1. The van der Waals surface area contributed by atoms with Crippen LogP contribution in [0.25, 0.3) is 22.3 Å². The van der Waals surface area contributed by atoms with E-state index in [-0.39, 0.29) is 0 Å². The van der Waals surface area contributed by atoms with E-state index in [1.807, 2.05) is 48.5 Å². The number of hydrogen-bond acceptors (Lipinski definition) is 5. The minimum absolute atomic E-state index is 0.561. The van der Waals surface area contributed by atoms with Crippen LogP contribution in [0.15, 0.2) is 64.5 Å². The van der Waals surface area contributed by atoms with E-state index in [0.29, 0.717) is 22.3 Å². The number of benzene rings is 2. The zero-order valence-corrected chi connectivity index (χ0v) is 17.7. The van der Waals surface area contributed by atoms with Gasteiger partial charge in [-0.2, -0.15) is 0 Å². The van der Waals surface area contributed by atoms with E-state index in [1.54, 1.807) is 39.3 Å². The Morgan fingerprint density at radius 2 is 1.69 bits per heavy atom. The van der Waals surface area contributed by atoms with Gasteiger partial charge in [-0.1, -0.05) is 29.4 Å². The number of H-pyrrole nitrogens is 1. The van der Waals surface area contributed by atoms with Crippen LogP contribution in [0.5, 0.6) is 17.2 Å². The summed E-state index contributed by atoms with van der Waals surface area (Å²) in [4.78, 5) is 9.96. The third kappa shape index (κ3) is 3.73. The van der Waals surface area contributed by atoms with Crippen LogP contribution in [0, 0.1) is 0 Å². The molecule has 0 radical (unpaired) electrons. The maximum absolute atomic E-state index is 6.29. The monoisotopic (exact) mass is 426 g/mol. The first kappa shape index (κ1) is 19.5. The molecule has 2 heterocycles. The molecule has 4 aromatic rings. The number of methoxy groups -OCH3 is 3. The van der Waals surface area contributed by atoms with Gasteiger partial charge in [0.15, 0.2) is 11.5 Å². The van der Waals surface area contributed by atoms with Gasteiger partial charge in [0, 0.05) is 31.9 Å². The molecule has 0 saturated heterocycles. The molecule has 2 aromatic heterocycles. The molecule has 0 amide bonds. The van der Waals surface area contributed by atoms with Gasteiger partial charge >= 0.3 is 0 Å². The summed E-state index contributed by atoms with van der Waals surface area (Å²) in [5.74, 6) is 1.77. The van der Waals surface area contributed by atoms with Crippen molar-refractivity contribution in [3.8, 4) is 28.6 Å². The van der Waals surface area contributed by atoms with Crippen LogP contribution in [0.1, 0.15) is 0 Å². The van der Waals surface area contributed by atoms with E-state index in [4.69, 9.17) is 25.8 Å². The summed E-state index contributed by atoms with van der Waals surface area (Å²) < 4.78 is 16.4. The van der Waals surface area contributed by atoms with Gasteiger partial charge in [-0.3, -0.25) is 4.98 Å². The molecular weight excluding hydrogens is 408 g/mol. The zero-order chi connectivity index (χ0) is 20.4. The number of nitrogens with one attached hydrogen (secondary N) is 1. The van der Waals surface area contributed by atoms with Crippen molar-refractivity contribution in [1.29, 1.82) is 0 Å². The summed E-state index contributed by atoms with van der Waals surface area (Å²) in [6.45, 7) is 0. The molecule has 148 valence electrons. The molecule has 0 unspecified atom stereocenters. The smallest absolute Gasteiger partial charge is 0.203 e. The standard InChI is InChI=1S/C22H19ClN2O3S/c1-26-18-11-14(12-19(27-2)21(18)28-3)29-22-15-10-13(23)7-8-16(15)25-20(22)17-6-4-5-9-24-17/h4-12,25H,1-3H3. The largest absolute Gasteiger partial charge is 0.493 e. The first-order valence-electron chi connectivity index (χ1n) is 8.85. The van der Waals surface area contributed by atoms with Crippen molar-refractivity contribution >= 4 is 34.3 Å². The normalized spacial score (nSPS) is 10.9. The Hall–Kier alpha value is -2.83. The first-order valence-corrected chi connectivity index (χ1v) is 10.0. The Balaban J connectivity index is 1.89. The van der Waals surface area contributed by atoms with Crippen LogP contribution in [-0.4, -0.2) is 31.3 Å². The van der Waals surface area contributed by atoms with Crippen molar-refractivity contribution in [2.75, 3.05) is 21.3 Å². The van der Waals surface area contributed by atoms with Gasteiger partial charge in [0.2, 0.25) is 5.75 Å². The Kier molecular flexibility index (Phi) is 5.56. The molecule has 7 heteroatoms. The number of nitrogens with zero attached hydrogens (tertiary/aromatic N) is 1. The Morgan fingerprint density at radius 1 is 0.931 bits per heavy atom. The van der Waals surface area contributed by atoms with Crippen molar-refractivity contribution in [3.63, 3.8) is 0 Å². The van der Waals surface area contributed by atoms with Crippen molar-refractivity contribution in [2.45, 2.75) is 9.79 Å². The average Bonchev–Trinajstić information content (AvgIpc) is 3.11. The molecule has 0 saturated carbocycles. The zero-order valence-electron chi connectivity index (χ0n) is 16.2. The highest BCUT2D eigenvalue weighted by Crippen LogP contribution is 2.46. The number of rotatable bonds is 6. The number of aromatic nitrogens is 2. The third-order valence-electron chi connectivity index (χ3n) is 4.49. The second-order valence-corrected chi connectivity index (χ2v) is 7.72. The SMILES string of the molecule is COc1cc(Sc2c(-c3ccccn3)[nH]c3ccc(Cl)cc23)cc(OC)c1OC. The molecule has 2 aromatic carbocycles. The lowest BCUT2D eigenvalue weighted by Crippen LogP contribution is -1.95. The molecule has 0 spiro atoms. The van der Waals surface area contributed by atoms with Gasteiger partial charge in [0.25, 0.3) is 0 Å². The van der Waals surface area contributed by atoms with E-state index in [2.05, 4.69) is 9.97 Å². The number of ether oxygens (including phenoxy) is 3. The maximum Gasteiger partial charge on any atom is 0.203 e. The molecule has 4 rings (SSSR count). The van der Waals surface area contributed by atoms with Crippen LogP contribution in [0.3, 0.4) is 0 Å². The minimum Gasteiger partial charge on any atom is -0.493 e. The van der Waals surface area contributed by atoms with Gasteiger partial charge in [0.05, 0.1) is 32.7 Å². The van der Waals surface area contributed by atoms with Gasteiger partial charge in [-0.05, 0) is 42.5 Å². The number of fused-ring (bicyclic) bond motifs is 1. The number of halogens is 1. The molecule has 29 heavy (non-hydrogen) atoms.